The van der Waals surface area contributed by atoms with Crippen molar-refractivity contribution in [2.75, 3.05) is 18.0 Å². The van der Waals surface area contributed by atoms with Gasteiger partial charge in [0.05, 0.1) is 35.6 Å². The number of pyridine rings is 1. The highest BCUT2D eigenvalue weighted by Crippen LogP contribution is 2.26. The number of rotatable bonds is 6. The monoisotopic (exact) mass is 425 g/mol. The molecule has 2 aromatic heterocycles. The summed E-state index contributed by atoms with van der Waals surface area (Å²) in [5.41, 5.74) is 2.57. The van der Waals surface area contributed by atoms with E-state index in [-0.39, 0.29) is 23.9 Å². The Kier molecular flexibility index (Phi) is 5.69. The van der Waals surface area contributed by atoms with Crippen LogP contribution in [0.5, 0.6) is 0 Å². The maximum Gasteiger partial charge on any atom is 0.243 e. The van der Waals surface area contributed by atoms with Crippen molar-refractivity contribution in [2.45, 2.75) is 31.2 Å². The first-order valence-electron chi connectivity index (χ1n) is 9.78. The van der Waals surface area contributed by atoms with Crippen LogP contribution in [0.25, 0.3) is 0 Å². The maximum absolute atomic E-state index is 13.3. The van der Waals surface area contributed by atoms with Crippen molar-refractivity contribution in [3.63, 3.8) is 0 Å². The van der Waals surface area contributed by atoms with Crippen LogP contribution in [-0.4, -0.2) is 36.7 Å². The van der Waals surface area contributed by atoms with Crippen LogP contribution in [0.2, 0.25) is 0 Å². The number of aromatic nitrogens is 1. The standard InChI is InChI=1S/C22H23N3O4S/c1-17-8-10-19(11-9-17)30(27,28)24(15-18-5-4-14-29-18)16-22(26)25-13-3-6-20-21(25)7-2-12-23-20/h2,4-5,7-12,14H,3,6,13,15-16H2,1H3. The number of carbonyl (C=O) groups is 1. The van der Waals surface area contributed by atoms with Gasteiger partial charge >= 0.3 is 0 Å². The smallest absolute Gasteiger partial charge is 0.243 e. The van der Waals surface area contributed by atoms with Gasteiger partial charge in [-0.25, -0.2) is 8.42 Å². The van der Waals surface area contributed by atoms with E-state index in [0.29, 0.717) is 12.3 Å². The van der Waals surface area contributed by atoms with Crippen LogP contribution < -0.4 is 4.90 Å². The minimum Gasteiger partial charge on any atom is -0.468 e. The van der Waals surface area contributed by atoms with Crippen LogP contribution in [0, 0.1) is 6.92 Å². The minimum atomic E-state index is -3.89. The van der Waals surface area contributed by atoms with Crippen molar-refractivity contribution >= 4 is 21.6 Å². The summed E-state index contributed by atoms with van der Waals surface area (Å²) >= 11 is 0. The predicted octanol–water partition coefficient (Wildman–Crippen LogP) is 3.15. The fourth-order valence-corrected chi connectivity index (χ4v) is 4.91. The third kappa shape index (κ3) is 4.15. The summed E-state index contributed by atoms with van der Waals surface area (Å²) in [6.07, 6.45) is 4.79. The largest absolute Gasteiger partial charge is 0.468 e. The van der Waals surface area contributed by atoms with Gasteiger partial charge in [-0.2, -0.15) is 4.31 Å². The van der Waals surface area contributed by atoms with Gasteiger partial charge in [-0.05, 0) is 56.2 Å². The lowest BCUT2D eigenvalue weighted by Gasteiger charge is -2.30. The molecule has 0 aliphatic carbocycles. The molecule has 3 aromatic rings. The summed E-state index contributed by atoms with van der Waals surface area (Å²) in [5.74, 6) is 0.186. The summed E-state index contributed by atoms with van der Waals surface area (Å²) in [7, 11) is -3.89. The first-order chi connectivity index (χ1) is 14.4. The molecule has 3 heterocycles. The van der Waals surface area contributed by atoms with Gasteiger partial charge in [-0.1, -0.05) is 17.7 Å². The molecule has 0 fully saturated rings. The SMILES string of the molecule is Cc1ccc(S(=O)(=O)N(CC(=O)N2CCCc3ncccc32)Cc2ccco2)cc1. The Bertz CT molecular complexity index is 1130. The van der Waals surface area contributed by atoms with Gasteiger partial charge < -0.3 is 9.32 Å². The third-order valence-electron chi connectivity index (χ3n) is 5.14. The van der Waals surface area contributed by atoms with Crippen LogP contribution in [0.15, 0.2) is 70.3 Å². The lowest BCUT2D eigenvalue weighted by atomic mass is 10.1. The fourth-order valence-electron chi connectivity index (χ4n) is 3.55. The topological polar surface area (TPSA) is 83.7 Å². The Morgan fingerprint density at radius 1 is 1.17 bits per heavy atom. The normalized spacial score (nSPS) is 14.0. The number of sulfonamides is 1. The molecule has 0 atom stereocenters. The van der Waals surface area contributed by atoms with Gasteiger partial charge in [0.25, 0.3) is 0 Å². The molecule has 156 valence electrons. The molecular formula is C22H23N3O4S. The van der Waals surface area contributed by atoms with Crippen molar-refractivity contribution < 1.29 is 17.6 Å². The van der Waals surface area contributed by atoms with Crippen LogP contribution >= 0.6 is 0 Å². The molecule has 1 amide bonds. The number of aryl methyl sites for hydroxylation is 2. The zero-order valence-electron chi connectivity index (χ0n) is 16.7. The lowest BCUT2D eigenvalue weighted by molar-refractivity contribution is -0.119. The molecule has 0 N–H and O–H groups in total. The fraction of sp³-hybridized carbons (Fsp3) is 0.273. The average Bonchev–Trinajstić information content (AvgIpc) is 3.26. The number of hydrogen-bond acceptors (Lipinski definition) is 5. The number of hydrogen-bond donors (Lipinski definition) is 0. The Labute approximate surface area is 176 Å². The van der Waals surface area contributed by atoms with Gasteiger partial charge in [0.2, 0.25) is 15.9 Å². The highest BCUT2D eigenvalue weighted by Gasteiger charge is 2.31. The van der Waals surface area contributed by atoms with E-state index >= 15 is 0 Å². The molecule has 0 saturated carbocycles. The molecule has 1 aliphatic heterocycles. The summed E-state index contributed by atoms with van der Waals surface area (Å²) < 4.78 is 33.2. The van der Waals surface area contributed by atoms with Crippen LogP contribution in [0.3, 0.4) is 0 Å². The van der Waals surface area contributed by atoms with Gasteiger partial charge in [0, 0.05) is 12.7 Å². The molecule has 0 bridgehead atoms. The van der Waals surface area contributed by atoms with E-state index in [1.54, 1.807) is 53.6 Å². The molecule has 0 radical (unpaired) electrons. The number of anilines is 1. The average molecular weight is 426 g/mol. The Hall–Kier alpha value is -2.97. The zero-order chi connectivity index (χ0) is 21.1. The Morgan fingerprint density at radius 2 is 1.97 bits per heavy atom. The number of fused-ring (bicyclic) bond motifs is 1. The molecule has 1 aromatic carbocycles. The van der Waals surface area contributed by atoms with E-state index in [1.807, 2.05) is 13.0 Å². The van der Waals surface area contributed by atoms with Crippen molar-refractivity contribution in [2.24, 2.45) is 0 Å². The van der Waals surface area contributed by atoms with E-state index < -0.39 is 10.0 Å². The van der Waals surface area contributed by atoms with Crippen molar-refractivity contribution in [1.82, 2.24) is 9.29 Å². The molecular weight excluding hydrogens is 402 g/mol. The van der Waals surface area contributed by atoms with Gasteiger partial charge in [-0.15, -0.1) is 0 Å². The van der Waals surface area contributed by atoms with Gasteiger partial charge in [-0.3, -0.25) is 9.78 Å². The molecule has 8 heteroatoms. The van der Waals surface area contributed by atoms with E-state index in [2.05, 4.69) is 4.98 Å². The summed E-state index contributed by atoms with van der Waals surface area (Å²) in [6.45, 7) is 2.12. The van der Waals surface area contributed by atoms with Crippen LogP contribution in [0.4, 0.5) is 5.69 Å². The highest BCUT2D eigenvalue weighted by atomic mass is 32.2. The number of benzene rings is 1. The maximum atomic E-state index is 13.3. The van der Waals surface area contributed by atoms with Gasteiger partial charge in [0.15, 0.2) is 0 Å². The molecule has 0 spiro atoms. The molecule has 0 unspecified atom stereocenters. The van der Waals surface area contributed by atoms with E-state index in [0.717, 1.165) is 29.8 Å². The number of amides is 1. The first-order valence-corrected chi connectivity index (χ1v) is 11.2. The molecule has 1 aliphatic rings. The summed E-state index contributed by atoms with van der Waals surface area (Å²) in [6, 6.07) is 13.6. The third-order valence-corrected chi connectivity index (χ3v) is 6.94. The Balaban J connectivity index is 1.64. The first kappa shape index (κ1) is 20.3. The van der Waals surface area contributed by atoms with Crippen LogP contribution in [0.1, 0.15) is 23.4 Å². The van der Waals surface area contributed by atoms with Crippen molar-refractivity contribution in [3.05, 3.63) is 78.0 Å². The second kappa shape index (κ2) is 8.41. The predicted molar refractivity (Wildman–Crippen MR) is 112 cm³/mol. The molecule has 30 heavy (non-hydrogen) atoms. The number of furan rings is 1. The summed E-state index contributed by atoms with van der Waals surface area (Å²) in [5, 5.41) is 0. The second-order valence-electron chi connectivity index (χ2n) is 7.28. The molecule has 7 nitrogen and oxygen atoms in total. The lowest BCUT2D eigenvalue weighted by Crippen LogP contribution is -2.44. The van der Waals surface area contributed by atoms with E-state index in [1.165, 1.54) is 10.6 Å². The zero-order valence-corrected chi connectivity index (χ0v) is 17.5. The number of carbonyl (C=O) groups excluding carboxylic acids is 1. The Morgan fingerprint density at radius 3 is 2.70 bits per heavy atom. The number of nitrogens with zero attached hydrogens (tertiary/aromatic N) is 3. The highest BCUT2D eigenvalue weighted by molar-refractivity contribution is 7.89. The quantitative estimate of drug-likeness (QED) is 0.606. The molecule has 0 saturated heterocycles. The summed E-state index contributed by atoms with van der Waals surface area (Å²) in [4.78, 5) is 19.3. The van der Waals surface area contributed by atoms with Crippen molar-refractivity contribution in [1.29, 1.82) is 0 Å². The van der Waals surface area contributed by atoms with Crippen LogP contribution in [-0.2, 0) is 27.8 Å². The van der Waals surface area contributed by atoms with E-state index in [9.17, 15) is 13.2 Å². The van der Waals surface area contributed by atoms with Crippen molar-refractivity contribution in [3.8, 4) is 0 Å². The second-order valence-corrected chi connectivity index (χ2v) is 9.22. The van der Waals surface area contributed by atoms with Gasteiger partial charge in [0.1, 0.15) is 5.76 Å². The van der Waals surface area contributed by atoms with E-state index in [4.69, 9.17) is 4.42 Å². The minimum absolute atomic E-state index is 0.0251. The molecule has 4 rings (SSSR count).